The Hall–Kier alpha value is -2.52. The summed E-state index contributed by atoms with van der Waals surface area (Å²) >= 11 is 1.44. The third-order valence-corrected chi connectivity index (χ3v) is 6.30. The molecule has 0 unspecified atom stereocenters. The molecule has 0 fully saturated rings. The Bertz CT molecular complexity index is 1180. The third kappa shape index (κ3) is 3.40. The summed E-state index contributed by atoms with van der Waals surface area (Å²) in [5.41, 5.74) is 0.757. The standard InChI is InChI=1S/C17H17N3O4S2/c1-10-11(2)25-16-15(10)17(22)20(9-18-16)8-14(21)19-12-6-4-5-7-13(12)26(3,23)24/h4-7,9H,8H2,1-3H3,(H,19,21). The molecule has 0 radical (unpaired) electrons. The van der Waals surface area contributed by atoms with Crippen molar-refractivity contribution in [2.24, 2.45) is 0 Å². The highest BCUT2D eigenvalue weighted by Gasteiger charge is 2.16. The largest absolute Gasteiger partial charge is 0.323 e. The topological polar surface area (TPSA) is 98.1 Å². The van der Waals surface area contributed by atoms with Crippen LogP contribution in [-0.4, -0.2) is 30.1 Å². The van der Waals surface area contributed by atoms with Gasteiger partial charge in [0.05, 0.1) is 22.3 Å². The Morgan fingerprint density at radius 1 is 1.27 bits per heavy atom. The molecule has 0 aliphatic rings. The van der Waals surface area contributed by atoms with Crippen LogP contribution in [0.15, 0.2) is 40.3 Å². The zero-order chi connectivity index (χ0) is 19.1. The van der Waals surface area contributed by atoms with Crippen molar-refractivity contribution in [3.05, 3.63) is 51.4 Å². The number of hydrogen-bond donors (Lipinski definition) is 1. The number of aromatic nitrogens is 2. The van der Waals surface area contributed by atoms with E-state index in [0.717, 1.165) is 16.7 Å². The summed E-state index contributed by atoms with van der Waals surface area (Å²) in [5, 5.41) is 3.07. The predicted molar refractivity (Wildman–Crippen MR) is 102 cm³/mol. The van der Waals surface area contributed by atoms with Crippen molar-refractivity contribution in [1.29, 1.82) is 0 Å². The number of anilines is 1. The zero-order valence-electron chi connectivity index (χ0n) is 14.4. The number of thiophene rings is 1. The molecule has 0 aliphatic carbocycles. The van der Waals surface area contributed by atoms with E-state index in [1.165, 1.54) is 34.4 Å². The minimum absolute atomic E-state index is 0.0265. The Kier molecular flexibility index (Phi) is 4.68. The second-order valence-electron chi connectivity index (χ2n) is 5.96. The number of amides is 1. The number of para-hydroxylation sites is 1. The van der Waals surface area contributed by atoms with Gasteiger partial charge in [0.25, 0.3) is 5.56 Å². The second kappa shape index (κ2) is 6.65. The van der Waals surface area contributed by atoms with Gasteiger partial charge >= 0.3 is 0 Å². The molecule has 7 nitrogen and oxygen atoms in total. The molecule has 1 N–H and O–H groups in total. The maximum Gasteiger partial charge on any atom is 0.262 e. The molecule has 3 rings (SSSR count). The van der Waals surface area contributed by atoms with E-state index in [0.29, 0.717) is 10.2 Å². The first-order chi connectivity index (χ1) is 12.2. The van der Waals surface area contributed by atoms with Gasteiger partial charge in [-0.25, -0.2) is 13.4 Å². The summed E-state index contributed by atoms with van der Waals surface area (Å²) in [5.74, 6) is -0.506. The summed E-state index contributed by atoms with van der Waals surface area (Å²) in [4.78, 5) is 30.9. The monoisotopic (exact) mass is 391 g/mol. The number of rotatable bonds is 4. The van der Waals surface area contributed by atoms with E-state index in [9.17, 15) is 18.0 Å². The first-order valence-corrected chi connectivity index (χ1v) is 10.4. The number of sulfone groups is 1. The lowest BCUT2D eigenvalue weighted by Crippen LogP contribution is -2.28. The molecule has 0 bridgehead atoms. The molecule has 1 amide bonds. The van der Waals surface area contributed by atoms with Crippen molar-refractivity contribution in [3.8, 4) is 0 Å². The number of nitrogens with zero attached hydrogens (tertiary/aromatic N) is 2. The summed E-state index contributed by atoms with van der Waals surface area (Å²) in [6.07, 6.45) is 2.41. The lowest BCUT2D eigenvalue weighted by molar-refractivity contribution is -0.116. The van der Waals surface area contributed by atoms with E-state index in [4.69, 9.17) is 0 Å². The van der Waals surface area contributed by atoms with Crippen LogP contribution in [0.4, 0.5) is 5.69 Å². The van der Waals surface area contributed by atoms with Crippen molar-refractivity contribution >= 4 is 43.0 Å². The summed E-state index contributed by atoms with van der Waals surface area (Å²) in [6.45, 7) is 3.51. The number of hydrogen-bond acceptors (Lipinski definition) is 6. The lowest BCUT2D eigenvalue weighted by Gasteiger charge is -2.10. The van der Waals surface area contributed by atoms with Crippen molar-refractivity contribution in [2.75, 3.05) is 11.6 Å². The average Bonchev–Trinajstić information content (AvgIpc) is 2.85. The van der Waals surface area contributed by atoms with Crippen molar-refractivity contribution in [3.63, 3.8) is 0 Å². The molecule has 2 heterocycles. The van der Waals surface area contributed by atoms with Crippen LogP contribution in [0.25, 0.3) is 10.2 Å². The van der Waals surface area contributed by atoms with Crippen molar-refractivity contribution in [1.82, 2.24) is 9.55 Å². The normalized spacial score (nSPS) is 11.7. The maximum atomic E-state index is 12.6. The molecule has 136 valence electrons. The fourth-order valence-electron chi connectivity index (χ4n) is 2.62. The molecular weight excluding hydrogens is 374 g/mol. The summed E-state index contributed by atoms with van der Waals surface area (Å²) in [7, 11) is -3.49. The summed E-state index contributed by atoms with van der Waals surface area (Å²) < 4.78 is 24.9. The highest BCUT2D eigenvalue weighted by Crippen LogP contribution is 2.25. The Morgan fingerprint density at radius 3 is 2.65 bits per heavy atom. The molecule has 1 aromatic carbocycles. The van der Waals surface area contributed by atoms with Gasteiger partial charge in [-0.2, -0.15) is 0 Å². The van der Waals surface area contributed by atoms with E-state index >= 15 is 0 Å². The van der Waals surface area contributed by atoms with Crippen molar-refractivity contribution in [2.45, 2.75) is 25.3 Å². The molecule has 0 saturated heterocycles. The highest BCUT2D eigenvalue weighted by atomic mass is 32.2. The Balaban J connectivity index is 1.91. The molecule has 0 spiro atoms. The van der Waals surface area contributed by atoms with E-state index in [2.05, 4.69) is 10.3 Å². The molecule has 9 heteroatoms. The highest BCUT2D eigenvalue weighted by molar-refractivity contribution is 7.90. The van der Waals surface area contributed by atoms with Crippen LogP contribution in [-0.2, 0) is 21.2 Å². The quantitative estimate of drug-likeness (QED) is 0.735. The molecule has 2 aromatic heterocycles. The fraction of sp³-hybridized carbons (Fsp3) is 0.235. The second-order valence-corrected chi connectivity index (χ2v) is 9.14. The van der Waals surface area contributed by atoms with Gasteiger partial charge in [-0.05, 0) is 31.5 Å². The Labute approximate surface area is 154 Å². The lowest BCUT2D eigenvalue weighted by atomic mass is 10.2. The third-order valence-electron chi connectivity index (χ3n) is 4.03. The molecule has 26 heavy (non-hydrogen) atoms. The van der Waals surface area contributed by atoms with E-state index < -0.39 is 15.7 Å². The number of fused-ring (bicyclic) bond motifs is 1. The van der Waals surface area contributed by atoms with Gasteiger partial charge in [0.2, 0.25) is 5.91 Å². The van der Waals surface area contributed by atoms with Crippen molar-refractivity contribution < 1.29 is 13.2 Å². The Morgan fingerprint density at radius 2 is 1.96 bits per heavy atom. The fourth-order valence-corrected chi connectivity index (χ4v) is 4.45. The number of carbonyl (C=O) groups is 1. The van der Waals surface area contributed by atoms with Crippen LogP contribution in [0.2, 0.25) is 0 Å². The predicted octanol–water partition coefficient (Wildman–Crippen LogP) is 2.12. The van der Waals surface area contributed by atoms with Gasteiger partial charge in [-0.15, -0.1) is 11.3 Å². The van der Waals surface area contributed by atoms with Crippen LogP contribution >= 0.6 is 11.3 Å². The SMILES string of the molecule is Cc1sc2ncn(CC(=O)Nc3ccccc3S(C)(=O)=O)c(=O)c2c1C. The molecule has 0 atom stereocenters. The van der Waals surface area contributed by atoms with E-state index in [-0.39, 0.29) is 22.7 Å². The van der Waals surface area contributed by atoms with E-state index in [1.807, 2.05) is 13.8 Å². The molecule has 3 aromatic rings. The summed E-state index contributed by atoms with van der Waals surface area (Å²) in [6, 6.07) is 6.13. The maximum absolute atomic E-state index is 12.6. The van der Waals surface area contributed by atoms with Crippen LogP contribution in [0.1, 0.15) is 10.4 Å². The number of carbonyl (C=O) groups excluding carboxylic acids is 1. The van der Waals surface area contributed by atoms with Gasteiger partial charge in [0.15, 0.2) is 9.84 Å². The minimum atomic E-state index is -3.49. The average molecular weight is 391 g/mol. The van der Waals surface area contributed by atoms with Gasteiger partial charge in [0.1, 0.15) is 11.4 Å². The smallest absolute Gasteiger partial charge is 0.262 e. The number of aryl methyl sites for hydroxylation is 2. The van der Waals surface area contributed by atoms with Gasteiger partial charge < -0.3 is 5.32 Å². The van der Waals surface area contributed by atoms with Crippen LogP contribution in [0, 0.1) is 13.8 Å². The molecule has 0 aliphatic heterocycles. The van der Waals surface area contributed by atoms with E-state index in [1.54, 1.807) is 12.1 Å². The van der Waals surface area contributed by atoms with Gasteiger partial charge in [-0.1, -0.05) is 12.1 Å². The van der Waals surface area contributed by atoms with Crippen LogP contribution in [0.3, 0.4) is 0 Å². The molecular formula is C17H17N3O4S2. The number of nitrogens with one attached hydrogen (secondary N) is 1. The van der Waals surface area contributed by atoms with Crippen LogP contribution in [0.5, 0.6) is 0 Å². The minimum Gasteiger partial charge on any atom is -0.323 e. The molecule has 0 saturated carbocycles. The van der Waals surface area contributed by atoms with Gasteiger partial charge in [-0.3, -0.25) is 14.2 Å². The first-order valence-electron chi connectivity index (χ1n) is 7.72. The number of benzene rings is 1. The van der Waals surface area contributed by atoms with Crippen LogP contribution < -0.4 is 10.9 Å². The zero-order valence-corrected chi connectivity index (χ0v) is 16.1. The first kappa shape index (κ1) is 18.3. The van der Waals surface area contributed by atoms with Gasteiger partial charge in [0, 0.05) is 11.1 Å².